The standard InChI is InChI=1S/C20H25N3O4/c1-27-16-4-2-3-13-8-11-23(12-9-15(13)16)17(24)7-10-20(14-5-6-14)18(25)21-19(26)22-20/h2-4,14H,5-12H2,1H3,(H2,21,22,25,26)/t20-/m0/s1. The lowest BCUT2D eigenvalue weighted by Crippen LogP contribution is -2.50. The molecule has 1 aliphatic carbocycles. The molecule has 3 aliphatic rings. The second kappa shape index (κ2) is 6.87. The zero-order valence-corrected chi connectivity index (χ0v) is 15.5. The minimum atomic E-state index is -0.898. The topological polar surface area (TPSA) is 87.7 Å². The summed E-state index contributed by atoms with van der Waals surface area (Å²) in [6.45, 7) is 1.30. The number of rotatable bonds is 5. The van der Waals surface area contributed by atoms with E-state index in [-0.39, 0.29) is 24.2 Å². The van der Waals surface area contributed by atoms with E-state index in [2.05, 4.69) is 16.7 Å². The van der Waals surface area contributed by atoms with Gasteiger partial charge in [0.05, 0.1) is 7.11 Å². The molecular formula is C20H25N3O4. The van der Waals surface area contributed by atoms with Gasteiger partial charge in [-0.15, -0.1) is 0 Å². The molecule has 7 heteroatoms. The molecule has 2 heterocycles. The van der Waals surface area contributed by atoms with Crippen LogP contribution < -0.4 is 15.4 Å². The van der Waals surface area contributed by atoms with Crippen molar-refractivity contribution in [2.45, 2.75) is 44.1 Å². The third-order valence-electron chi connectivity index (χ3n) is 6.06. The number of hydrogen-bond acceptors (Lipinski definition) is 4. The van der Waals surface area contributed by atoms with Crippen molar-refractivity contribution < 1.29 is 19.1 Å². The molecular weight excluding hydrogens is 346 g/mol. The average Bonchev–Trinajstić information content (AvgIpc) is 3.48. The number of methoxy groups -OCH3 is 1. The van der Waals surface area contributed by atoms with Crippen LogP contribution >= 0.6 is 0 Å². The highest BCUT2D eigenvalue weighted by atomic mass is 16.5. The molecule has 0 spiro atoms. The number of carbonyl (C=O) groups excluding carboxylic acids is 3. The predicted octanol–water partition coefficient (Wildman–Crippen LogP) is 1.39. The van der Waals surface area contributed by atoms with Crippen molar-refractivity contribution in [1.82, 2.24) is 15.5 Å². The number of fused-ring (bicyclic) bond motifs is 1. The molecule has 27 heavy (non-hydrogen) atoms. The number of nitrogens with zero attached hydrogens (tertiary/aromatic N) is 1. The fourth-order valence-electron chi connectivity index (χ4n) is 4.39. The quantitative estimate of drug-likeness (QED) is 0.766. The van der Waals surface area contributed by atoms with Crippen LogP contribution in [0, 0.1) is 5.92 Å². The van der Waals surface area contributed by atoms with Gasteiger partial charge in [0.25, 0.3) is 5.91 Å². The molecule has 7 nitrogen and oxygen atoms in total. The largest absolute Gasteiger partial charge is 0.496 e. The van der Waals surface area contributed by atoms with Crippen LogP contribution in [0.4, 0.5) is 4.79 Å². The first-order chi connectivity index (χ1) is 13.0. The minimum absolute atomic E-state index is 0.0377. The van der Waals surface area contributed by atoms with Crippen LogP contribution in [0.3, 0.4) is 0 Å². The maximum absolute atomic E-state index is 12.8. The van der Waals surface area contributed by atoms with Gasteiger partial charge in [-0.05, 0) is 55.2 Å². The summed E-state index contributed by atoms with van der Waals surface area (Å²) in [6.07, 6.45) is 4.01. The van der Waals surface area contributed by atoms with Crippen molar-refractivity contribution in [3.8, 4) is 5.75 Å². The van der Waals surface area contributed by atoms with Crippen LogP contribution in [0.2, 0.25) is 0 Å². The molecule has 1 aromatic carbocycles. The number of hydrogen-bond donors (Lipinski definition) is 2. The van der Waals surface area contributed by atoms with E-state index in [0.29, 0.717) is 19.5 Å². The van der Waals surface area contributed by atoms with E-state index >= 15 is 0 Å². The first kappa shape index (κ1) is 17.8. The summed E-state index contributed by atoms with van der Waals surface area (Å²) in [5.74, 6) is 0.778. The number of imide groups is 1. The summed E-state index contributed by atoms with van der Waals surface area (Å²) in [4.78, 5) is 38.7. The molecule has 1 atom stereocenters. The molecule has 0 radical (unpaired) electrons. The van der Waals surface area contributed by atoms with Gasteiger partial charge in [0.1, 0.15) is 11.3 Å². The lowest BCUT2D eigenvalue weighted by Gasteiger charge is -2.27. The first-order valence-corrected chi connectivity index (χ1v) is 9.59. The van der Waals surface area contributed by atoms with E-state index in [1.807, 2.05) is 17.0 Å². The second-order valence-electron chi connectivity index (χ2n) is 7.63. The Morgan fingerprint density at radius 3 is 2.70 bits per heavy atom. The maximum atomic E-state index is 12.8. The molecule has 4 amide bonds. The van der Waals surface area contributed by atoms with Crippen molar-refractivity contribution in [2.75, 3.05) is 20.2 Å². The van der Waals surface area contributed by atoms with Gasteiger partial charge in [-0.1, -0.05) is 12.1 Å². The third kappa shape index (κ3) is 3.26. The van der Waals surface area contributed by atoms with E-state index in [1.54, 1.807) is 7.11 Å². The van der Waals surface area contributed by atoms with Gasteiger partial charge in [0, 0.05) is 19.5 Å². The summed E-state index contributed by atoms with van der Waals surface area (Å²) >= 11 is 0. The van der Waals surface area contributed by atoms with Crippen LogP contribution in [0.5, 0.6) is 5.75 Å². The SMILES string of the molecule is COc1cccc2c1CCN(C(=O)CC[C@@]1(C3CC3)NC(=O)NC1=O)CC2. The Morgan fingerprint density at radius 1 is 1.26 bits per heavy atom. The van der Waals surface area contributed by atoms with Gasteiger partial charge < -0.3 is 15.0 Å². The molecule has 1 saturated carbocycles. The Labute approximate surface area is 158 Å². The smallest absolute Gasteiger partial charge is 0.322 e. The Hall–Kier alpha value is -2.57. The van der Waals surface area contributed by atoms with Crippen LogP contribution in [-0.2, 0) is 22.4 Å². The van der Waals surface area contributed by atoms with Gasteiger partial charge in [0.2, 0.25) is 5.91 Å². The van der Waals surface area contributed by atoms with Crippen molar-refractivity contribution >= 4 is 17.8 Å². The molecule has 0 unspecified atom stereocenters. The zero-order chi connectivity index (χ0) is 19.0. The van der Waals surface area contributed by atoms with Gasteiger partial charge in [-0.2, -0.15) is 0 Å². The molecule has 0 bridgehead atoms. The van der Waals surface area contributed by atoms with Crippen LogP contribution in [-0.4, -0.2) is 48.5 Å². The number of nitrogens with one attached hydrogen (secondary N) is 2. The number of ether oxygens (including phenoxy) is 1. The molecule has 1 aromatic rings. The molecule has 0 aromatic heterocycles. The molecule has 2 aliphatic heterocycles. The number of benzene rings is 1. The number of amides is 4. The second-order valence-corrected chi connectivity index (χ2v) is 7.63. The number of carbonyl (C=O) groups is 3. The normalized spacial score (nSPS) is 24.7. The Bertz CT molecular complexity index is 789. The summed E-state index contributed by atoms with van der Waals surface area (Å²) in [7, 11) is 1.67. The van der Waals surface area contributed by atoms with E-state index in [0.717, 1.165) is 31.4 Å². The van der Waals surface area contributed by atoms with E-state index in [4.69, 9.17) is 4.74 Å². The van der Waals surface area contributed by atoms with Gasteiger partial charge in [-0.25, -0.2) is 4.79 Å². The Balaban J connectivity index is 1.41. The summed E-state index contributed by atoms with van der Waals surface area (Å²) in [5.41, 5.74) is 1.50. The minimum Gasteiger partial charge on any atom is -0.496 e. The summed E-state index contributed by atoms with van der Waals surface area (Å²) in [6, 6.07) is 5.58. The molecule has 4 rings (SSSR count). The van der Waals surface area contributed by atoms with E-state index < -0.39 is 11.6 Å². The molecule has 2 N–H and O–H groups in total. The van der Waals surface area contributed by atoms with Gasteiger partial charge in [0.15, 0.2) is 0 Å². The van der Waals surface area contributed by atoms with Gasteiger partial charge >= 0.3 is 6.03 Å². The monoisotopic (exact) mass is 371 g/mol. The molecule has 144 valence electrons. The fourth-order valence-corrected chi connectivity index (χ4v) is 4.39. The van der Waals surface area contributed by atoms with Crippen LogP contribution in [0.25, 0.3) is 0 Å². The van der Waals surface area contributed by atoms with Gasteiger partial charge in [-0.3, -0.25) is 14.9 Å². The Morgan fingerprint density at radius 2 is 2.04 bits per heavy atom. The van der Waals surface area contributed by atoms with Crippen LogP contribution in [0.15, 0.2) is 18.2 Å². The van der Waals surface area contributed by atoms with E-state index in [1.165, 1.54) is 11.1 Å². The highest BCUT2D eigenvalue weighted by Gasteiger charge is 2.55. The molecule has 1 saturated heterocycles. The highest BCUT2D eigenvalue weighted by molar-refractivity contribution is 6.07. The summed E-state index contributed by atoms with van der Waals surface area (Å²) < 4.78 is 5.46. The first-order valence-electron chi connectivity index (χ1n) is 9.59. The van der Waals surface area contributed by atoms with E-state index in [9.17, 15) is 14.4 Å². The zero-order valence-electron chi connectivity index (χ0n) is 15.5. The lowest BCUT2D eigenvalue weighted by molar-refractivity contribution is -0.132. The maximum Gasteiger partial charge on any atom is 0.322 e. The fraction of sp³-hybridized carbons (Fsp3) is 0.550. The Kier molecular flexibility index (Phi) is 4.53. The average molecular weight is 371 g/mol. The van der Waals surface area contributed by atoms with Crippen molar-refractivity contribution in [1.29, 1.82) is 0 Å². The van der Waals surface area contributed by atoms with Crippen molar-refractivity contribution in [3.05, 3.63) is 29.3 Å². The highest BCUT2D eigenvalue weighted by Crippen LogP contribution is 2.43. The lowest BCUT2D eigenvalue weighted by atomic mass is 9.87. The van der Waals surface area contributed by atoms with Crippen molar-refractivity contribution in [2.24, 2.45) is 5.92 Å². The third-order valence-corrected chi connectivity index (χ3v) is 6.06. The predicted molar refractivity (Wildman–Crippen MR) is 98.3 cm³/mol. The summed E-state index contributed by atoms with van der Waals surface area (Å²) in [5, 5.41) is 5.13. The van der Waals surface area contributed by atoms with Crippen molar-refractivity contribution in [3.63, 3.8) is 0 Å². The van der Waals surface area contributed by atoms with Crippen LogP contribution in [0.1, 0.15) is 36.8 Å². The number of urea groups is 1. The molecule has 2 fully saturated rings.